The van der Waals surface area contributed by atoms with Gasteiger partial charge in [0.15, 0.2) is 5.96 Å². The summed E-state index contributed by atoms with van der Waals surface area (Å²) in [5.74, 6) is 0.821. The Bertz CT molecular complexity index is 711. The number of rotatable bonds is 6. The molecule has 2 N–H and O–H groups in total. The summed E-state index contributed by atoms with van der Waals surface area (Å²) in [5.41, 5.74) is 4.59. The summed E-state index contributed by atoms with van der Waals surface area (Å²) in [4.78, 5) is 4.68. The molecule has 0 aliphatic heterocycles. The molecule has 0 saturated carbocycles. The van der Waals surface area contributed by atoms with Crippen LogP contribution >= 0.6 is 35.6 Å². The molecule has 2 aromatic rings. The summed E-state index contributed by atoms with van der Waals surface area (Å²) < 4.78 is 1.90. The molecule has 1 aromatic heterocycles. The third-order valence-corrected chi connectivity index (χ3v) is 4.23. The van der Waals surface area contributed by atoms with E-state index in [1.165, 1.54) is 11.1 Å². The van der Waals surface area contributed by atoms with Gasteiger partial charge in [0.1, 0.15) is 0 Å². The van der Waals surface area contributed by atoms with Crippen molar-refractivity contribution in [1.29, 1.82) is 0 Å². The second-order valence-electron chi connectivity index (χ2n) is 5.77. The number of hydrogen-bond donors (Lipinski definition) is 2. The van der Waals surface area contributed by atoms with E-state index < -0.39 is 0 Å². The van der Waals surface area contributed by atoms with E-state index in [1.807, 2.05) is 36.9 Å². The molecule has 0 unspecified atom stereocenters. The molecule has 7 heteroatoms. The first-order valence-electron chi connectivity index (χ1n) is 8.27. The fraction of sp³-hybridized carbons (Fsp3) is 0.444. The van der Waals surface area contributed by atoms with Crippen molar-refractivity contribution in [3.8, 4) is 0 Å². The van der Waals surface area contributed by atoms with Gasteiger partial charge < -0.3 is 10.6 Å². The van der Waals surface area contributed by atoms with Gasteiger partial charge in [-0.3, -0.25) is 4.68 Å². The first-order chi connectivity index (χ1) is 11.5. The van der Waals surface area contributed by atoms with Gasteiger partial charge in [0.25, 0.3) is 0 Å². The van der Waals surface area contributed by atoms with Crippen molar-refractivity contribution in [1.82, 2.24) is 20.4 Å². The van der Waals surface area contributed by atoms with Gasteiger partial charge in [-0.05, 0) is 44.9 Å². The van der Waals surface area contributed by atoms with Crippen LogP contribution in [-0.4, -0.2) is 28.8 Å². The second-order valence-corrected chi connectivity index (χ2v) is 6.21. The summed E-state index contributed by atoms with van der Waals surface area (Å²) in [7, 11) is 1.96. The predicted octanol–water partition coefficient (Wildman–Crippen LogP) is 3.61. The Balaban J connectivity index is 0.00000312. The van der Waals surface area contributed by atoms with Crippen LogP contribution in [0.5, 0.6) is 0 Å². The Kier molecular flexibility index (Phi) is 9.27. The molecule has 0 bridgehead atoms. The maximum Gasteiger partial charge on any atom is 0.191 e. The maximum absolute atomic E-state index is 6.02. The SMILES string of the molecule is CCNC(=NCc1c(C)nn(C)c1C)NCCc1cccc(Cl)c1.I. The van der Waals surface area contributed by atoms with E-state index in [2.05, 4.69) is 40.6 Å². The molecule has 0 aliphatic rings. The number of nitrogens with zero attached hydrogens (tertiary/aromatic N) is 3. The Labute approximate surface area is 172 Å². The highest BCUT2D eigenvalue weighted by molar-refractivity contribution is 14.0. The van der Waals surface area contributed by atoms with Crippen molar-refractivity contribution in [2.45, 2.75) is 33.7 Å². The zero-order valence-electron chi connectivity index (χ0n) is 15.3. The van der Waals surface area contributed by atoms with Crippen molar-refractivity contribution >= 4 is 41.5 Å². The van der Waals surface area contributed by atoms with Crippen LogP contribution in [0.3, 0.4) is 0 Å². The molecule has 2 rings (SSSR count). The number of aromatic nitrogens is 2. The van der Waals surface area contributed by atoms with Crippen LogP contribution in [0, 0.1) is 13.8 Å². The van der Waals surface area contributed by atoms with Crippen molar-refractivity contribution < 1.29 is 0 Å². The first kappa shape index (κ1) is 21.8. The largest absolute Gasteiger partial charge is 0.357 e. The van der Waals surface area contributed by atoms with Gasteiger partial charge in [-0.1, -0.05) is 23.7 Å². The van der Waals surface area contributed by atoms with Crippen molar-refractivity contribution in [2.24, 2.45) is 12.0 Å². The van der Waals surface area contributed by atoms with Crippen LogP contribution in [0.4, 0.5) is 0 Å². The number of aliphatic imine (C=N–C) groups is 1. The Hall–Kier alpha value is -1.28. The number of nitrogens with one attached hydrogen (secondary N) is 2. The van der Waals surface area contributed by atoms with Gasteiger partial charge >= 0.3 is 0 Å². The molecule has 0 saturated heterocycles. The highest BCUT2D eigenvalue weighted by atomic mass is 127. The fourth-order valence-electron chi connectivity index (χ4n) is 2.56. The van der Waals surface area contributed by atoms with Crippen LogP contribution in [-0.2, 0) is 20.0 Å². The molecule has 0 atom stereocenters. The molecular weight excluding hydrogens is 449 g/mol. The number of aryl methyl sites for hydroxylation is 2. The monoisotopic (exact) mass is 475 g/mol. The molecule has 1 heterocycles. The lowest BCUT2D eigenvalue weighted by molar-refractivity contribution is 0.730. The fourth-order valence-corrected chi connectivity index (χ4v) is 2.78. The lowest BCUT2D eigenvalue weighted by Crippen LogP contribution is -2.38. The Morgan fingerprint density at radius 3 is 2.64 bits per heavy atom. The van der Waals surface area contributed by atoms with E-state index in [0.717, 1.165) is 41.9 Å². The van der Waals surface area contributed by atoms with E-state index in [9.17, 15) is 0 Å². The van der Waals surface area contributed by atoms with E-state index in [0.29, 0.717) is 6.54 Å². The smallest absolute Gasteiger partial charge is 0.191 e. The van der Waals surface area contributed by atoms with Crippen molar-refractivity contribution in [2.75, 3.05) is 13.1 Å². The molecule has 0 amide bonds. The molecule has 0 radical (unpaired) electrons. The van der Waals surface area contributed by atoms with Gasteiger partial charge in [0, 0.05) is 36.4 Å². The predicted molar refractivity (Wildman–Crippen MR) is 116 cm³/mol. The maximum atomic E-state index is 6.02. The summed E-state index contributed by atoms with van der Waals surface area (Å²) in [6.45, 7) is 8.42. The number of benzene rings is 1. The van der Waals surface area contributed by atoms with Crippen molar-refractivity contribution in [3.63, 3.8) is 0 Å². The summed E-state index contributed by atoms with van der Waals surface area (Å²) in [6, 6.07) is 7.95. The number of guanidine groups is 1. The third kappa shape index (κ3) is 6.51. The van der Waals surface area contributed by atoms with Crippen molar-refractivity contribution in [3.05, 3.63) is 51.8 Å². The average molecular weight is 476 g/mol. The summed E-state index contributed by atoms with van der Waals surface area (Å²) in [6.07, 6.45) is 0.899. The molecule has 138 valence electrons. The summed E-state index contributed by atoms with van der Waals surface area (Å²) >= 11 is 6.02. The molecule has 0 fully saturated rings. The highest BCUT2D eigenvalue weighted by Crippen LogP contribution is 2.13. The third-order valence-electron chi connectivity index (χ3n) is 3.99. The molecule has 1 aromatic carbocycles. The van der Waals surface area contributed by atoms with Crippen LogP contribution in [0.1, 0.15) is 29.4 Å². The zero-order valence-corrected chi connectivity index (χ0v) is 18.4. The van der Waals surface area contributed by atoms with Crippen LogP contribution in [0.15, 0.2) is 29.3 Å². The molecule has 0 aliphatic carbocycles. The normalized spacial score (nSPS) is 11.2. The molecule has 25 heavy (non-hydrogen) atoms. The Morgan fingerprint density at radius 1 is 1.28 bits per heavy atom. The second kappa shape index (κ2) is 10.7. The standard InChI is InChI=1S/C18H26ClN5.HI/c1-5-20-18(21-10-9-15-7-6-8-16(19)11-15)22-12-17-13(2)23-24(4)14(17)3;/h6-8,11H,5,9-10,12H2,1-4H3,(H2,20,21,22);1H. The zero-order chi connectivity index (χ0) is 17.5. The van der Waals surface area contributed by atoms with Crippen LogP contribution < -0.4 is 10.6 Å². The van der Waals surface area contributed by atoms with Crippen LogP contribution in [0.2, 0.25) is 5.02 Å². The molecular formula is C18H27ClIN5. The number of halogens is 2. The van der Waals surface area contributed by atoms with Gasteiger partial charge in [0.2, 0.25) is 0 Å². The van der Waals surface area contributed by atoms with Crippen LogP contribution in [0.25, 0.3) is 0 Å². The van der Waals surface area contributed by atoms with E-state index in [4.69, 9.17) is 11.6 Å². The van der Waals surface area contributed by atoms with E-state index in [1.54, 1.807) is 0 Å². The molecule has 0 spiro atoms. The minimum absolute atomic E-state index is 0. The first-order valence-corrected chi connectivity index (χ1v) is 8.64. The van der Waals surface area contributed by atoms with E-state index >= 15 is 0 Å². The quantitative estimate of drug-likeness (QED) is 0.381. The minimum Gasteiger partial charge on any atom is -0.357 e. The lowest BCUT2D eigenvalue weighted by Gasteiger charge is -2.11. The van der Waals surface area contributed by atoms with Gasteiger partial charge in [-0.15, -0.1) is 24.0 Å². The minimum atomic E-state index is 0. The highest BCUT2D eigenvalue weighted by Gasteiger charge is 2.08. The van der Waals surface area contributed by atoms with Gasteiger partial charge in [0.05, 0.1) is 12.2 Å². The van der Waals surface area contributed by atoms with Gasteiger partial charge in [-0.2, -0.15) is 5.10 Å². The van der Waals surface area contributed by atoms with E-state index in [-0.39, 0.29) is 24.0 Å². The average Bonchev–Trinajstić information content (AvgIpc) is 2.78. The van der Waals surface area contributed by atoms with Gasteiger partial charge in [-0.25, -0.2) is 4.99 Å². The Morgan fingerprint density at radius 2 is 2.04 bits per heavy atom. The topological polar surface area (TPSA) is 54.2 Å². The molecule has 5 nitrogen and oxygen atoms in total. The lowest BCUT2D eigenvalue weighted by atomic mass is 10.1. The summed E-state index contributed by atoms with van der Waals surface area (Å²) in [5, 5.41) is 11.9. The number of hydrogen-bond acceptors (Lipinski definition) is 2.